The van der Waals surface area contributed by atoms with Crippen molar-refractivity contribution < 1.29 is 13.2 Å². The summed E-state index contributed by atoms with van der Waals surface area (Å²) >= 11 is 1.43. The Morgan fingerprint density at radius 3 is 2.72 bits per heavy atom. The second kappa shape index (κ2) is 7.30. The Hall–Kier alpha value is -2.30. The van der Waals surface area contributed by atoms with Crippen molar-refractivity contribution in [2.75, 3.05) is 16.8 Å². The summed E-state index contributed by atoms with van der Waals surface area (Å²) in [7, 11) is -2.96. The van der Waals surface area contributed by atoms with Gasteiger partial charge in [0, 0.05) is 15.8 Å². The lowest BCUT2D eigenvalue weighted by Crippen LogP contribution is -2.14. The Morgan fingerprint density at radius 2 is 2.00 bits per heavy atom. The number of nitriles is 1. The summed E-state index contributed by atoms with van der Waals surface area (Å²) in [6.07, 6.45) is 0.604. The number of nitrogens with zero attached hydrogens (tertiary/aromatic N) is 1. The molecule has 2 aromatic rings. The zero-order valence-electron chi connectivity index (χ0n) is 13.3. The molecule has 3 rings (SSSR count). The van der Waals surface area contributed by atoms with Crippen molar-refractivity contribution in [2.24, 2.45) is 0 Å². The van der Waals surface area contributed by atoms with Gasteiger partial charge in [-0.1, -0.05) is 18.2 Å². The molecule has 1 amide bonds. The molecule has 0 bridgehead atoms. The predicted octanol–water partition coefficient (Wildman–Crippen LogP) is 3.09. The van der Waals surface area contributed by atoms with Crippen LogP contribution in [0.1, 0.15) is 22.3 Å². The Labute approximate surface area is 151 Å². The number of nitrogens with one attached hydrogen (secondary N) is 1. The minimum atomic E-state index is -2.96. The summed E-state index contributed by atoms with van der Waals surface area (Å²) < 4.78 is 23.3. The first kappa shape index (κ1) is 17.5. The van der Waals surface area contributed by atoms with E-state index in [1.165, 1.54) is 11.8 Å². The molecule has 0 aliphatic carbocycles. The first-order valence-corrected chi connectivity index (χ1v) is 10.4. The van der Waals surface area contributed by atoms with Crippen LogP contribution in [0.2, 0.25) is 0 Å². The van der Waals surface area contributed by atoms with Gasteiger partial charge in [0.1, 0.15) is 0 Å². The van der Waals surface area contributed by atoms with E-state index in [9.17, 15) is 13.2 Å². The average Bonchev–Trinajstić information content (AvgIpc) is 2.94. The summed E-state index contributed by atoms with van der Waals surface area (Å²) in [5, 5.41) is 11.7. The SMILES string of the molecule is N#Cc1cccc(NC(=O)c2ccccc2S[C@H]2CCS(=O)(=O)C2)c1. The second-order valence-electron chi connectivity index (χ2n) is 5.79. The first-order chi connectivity index (χ1) is 12.0. The predicted molar refractivity (Wildman–Crippen MR) is 98.5 cm³/mol. The van der Waals surface area contributed by atoms with Gasteiger partial charge in [0.05, 0.1) is 28.7 Å². The van der Waals surface area contributed by atoms with Crippen LogP contribution in [-0.4, -0.2) is 31.1 Å². The molecule has 1 heterocycles. The average molecular weight is 372 g/mol. The summed E-state index contributed by atoms with van der Waals surface area (Å²) in [6, 6.07) is 15.9. The highest BCUT2D eigenvalue weighted by molar-refractivity contribution is 8.02. The van der Waals surface area contributed by atoms with E-state index in [4.69, 9.17) is 5.26 Å². The fourth-order valence-corrected chi connectivity index (χ4v) is 6.28. The van der Waals surface area contributed by atoms with E-state index in [2.05, 4.69) is 5.32 Å². The maximum atomic E-state index is 12.6. The molecule has 1 N–H and O–H groups in total. The third-order valence-corrected chi connectivity index (χ3v) is 7.19. The van der Waals surface area contributed by atoms with Gasteiger partial charge in [-0.2, -0.15) is 5.26 Å². The van der Waals surface area contributed by atoms with Gasteiger partial charge in [-0.3, -0.25) is 4.79 Å². The van der Waals surface area contributed by atoms with Crippen LogP contribution in [0.15, 0.2) is 53.4 Å². The number of amides is 1. The molecule has 1 atom stereocenters. The van der Waals surface area contributed by atoms with Crippen LogP contribution in [-0.2, 0) is 9.84 Å². The highest BCUT2D eigenvalue weighted by Crippen LogP contribution is 2.33. The first-order valence-electron chi connectivity index (χ1n) is 7.74. The molecule has 128 valence electrons. The quantitative estimate of drug-likeness (QED) is 0.891. The van der Waals surface area contributed by atoms with Gasteiger partial charge in [-0.25, -0.2) is 8.42 Å². The van der Waals surface area contributed by atoms with E-state index < -0.39 is 9.84 Å². The van der Waals surface area contributed by atoms with Crippen LogP contribution in [0, 0.1) is 11.3 Å². The van der Waals surface area contributed by atoms with Gasteiger partial charge in [0.25, 0.3) is 5.91 Å². The van der Waals surface area contributed by atoms with E-state index in [-0.39, 0.29) is 22.7 Å². The van der Waals surface area contributed by atoms with Gasteiger partial charge >= 0.3 is 0 Å². The molecule has 0 spiro atoms. The zero-order chi connectivity index (χ0) is 17.9. The Morgan fingerprint density at radius 1 is 1.20 bits per heavy atom. The van der Waals surface area contributed by atoms with Crippen LogP contribution < -0.4 is 5.32 Å². The van der Waals surface area contributed by atoms with Gasteiger partial charge in [-0.05, 0) is 36.8 Å². The van der Waals surface area contributed by atoms with Crippen LogP contribution in [0.3, 0.4) is 0 Å². The smallest absolute Gasteiger partial charge is 0.256 e. The number of sulfone groups is 1. The molecule has 0 radical (unpaired) electrons. The van der Waals surface area contributed by atoms with Crippen LogP contribution in [0.5, 0.6) is 0 Å². The van der Waals surface area contributed by atoms with E-state index in [0.29, 0.717) is 23.2 Å². The molecule has 1 saturated heterocycles. The summed E-state index contributed by atoms with van der Waals surface area (Å²) in [5.74, 6) is 0.0803. The third kappa shape index (κ3) is 4.41. The fraction of sp³-hybridized carbons (Fsp3) is 0.222. The molecule has 25 heavy (non-hydrogen) atoms. The molecule has 0 saturated carbocycles. The fourth-order valence-electron chi connectivity index (χ4n) is 2.66. The number of rotatable bonds is 4. The van der Waals surface area contributed by atoms with Gasteiger partial charge in [0.2, 0.25) is 0 Å². The third-order valence-electron chi connectivity index (χ3n) is 3.87. The topological polar surface area (TPSA) is 87.0 Å². The Balaban J connectivity index is 1.78. The van der Waals surface area contributed by atoms with Gasteiger partial charge in [-0.15, -0.1) is 11.8 Å². The van der Waals surface area contributed by atoms with Gasteiger partial charge in [0.15, 0.2) is 9.84 Å². The van der Waals surface area contributed by atoms with E-state index >= 15 is 0 Å². The maximum absolute atomic E-state index is 12.6. The molecule has 1 aliphatic rings. The molecular formula is C18H16N2O3S2. The molecule has 2 aromatic carbocycles. The summed E-state index contributed by atoms with van der Waals surface area (Å²) in [5.41, 5.74) is 1.52. The summed E-state index contributed by atoms with van der Waals surface area (Å²) in [6.45, 7) is 0. The van der Waals surface area contributed by atoms with E-state index in [1.54, 1.807) is 36.4 Å². The lowest BCUT2D eigenvalue weighted by atomic mass is 10.2. The largest absolute Gasteiger partial charge is 0.322 e. The molecule has 7 heteroatoms. The van der Waals surface area contributed by atoms with E-state index in [0.717, 1.165) is 4.90 Å². The number of hydrogen-bond acceptors (Lipinski definition) is 5. The highest BCUT2D eigenvalue weighted by atomic mass is 32.2. The molecule has 1 fully saturated rings. The normalized spacial score (nSPS) is 18.4. The molecule has 0 unspecified atom stereocenters. The van der Waals surface area contributed by atoms with Crippen molar-refractivity contribution in [2.45, 2.75) is 16.6 Å². The van der Waals surface area contributed by atoms with Crippen molar-refractivity contribution in [3.05, 3.63) is 59.7 Å². The number of benzene rings is 2. The lowest BCUT2D eigenvalue weighted by molar-refractivity contribution is 0.102. The van der Waals surface area contributed by atoms with Gasteiger partial charge < -0.3 is 5.32 Å². The highest BCUT2D eigenvalue weighted by Gasteiger charge is 2.29. The van der Waals surface area contributed by atoms with E-state index in [1.807, 2.05) is 18.2 Å². The minimum absolute atomic E-state index is 0.0270. The van der Waals surface area contributed by atoms with Crippen molar-refractivity contribution in [3.63, 3.8) is 0 Å². The van der Waals surface area contributed by atoms with Crippen LogP contribution in [0.25, 0.3) is 0 Å². The van der Waals surface area contributed by atoms with Crippen molar-refractivity contribution >= 4 is 33.2 Å². The number of carbonyl (C=O) groups excluding carboxylic acids is 1. The monoisotopic (exact) mass is 372 g/mol. The van der Waals surface area contributed by atoms with Crippen molar-refractivity contribution in [1.29, 1.82) is 5.26 Å². The summed E-state index contributed by atoms with van der Waals surface area (Å²) in [4.78, 5) is 13.4. The standard InChI is InChI=1S/C18H16N2O3S2/c19-11-13-4-3-5-14(10-13)20-18(21)16-6-1-2-7-17(16)24-15-8-9-25(22,23)12-15/h1-7,10,15H,8-9,12H2,(H,20,21)/t15-/m0/s1. The van der Waals surface area contributed by atoms with Crippen molar-refractivity contribution in [1.82, 2.24) is 0 Å². The molecule has 0 aromatic heterocycles. The molecule has 5 nitrogen and oxygen atoms in total. The Bertz CT molecular complexity index is 949. The number of anilines is 1. The Kier molecular flexibility index (Phi) is 5.11. The number of carbonyl (C=O) groups is 1. The lowest BCUT2D eigenvalue weighted by Gasteiger charge is -2.12. The van der Waals surface area contributed by atoms with Crippen LogP contribution >= 0.6 is 11.8 Å². The minimum Gasteiger partial charge on any atom is -0.322 e. The maximum Gasteiger partial charge on any atom is 0.256 e. The molecule has 1 aliphatic heterocycles. The molecular weight excluding hydrogens is 356 g/mol. The van der Waals surface area contributed by atoms with Crippen LogP contribution in [0.4, 0.5) is 5.69 Å². The number of hydrogen-bond donors (Lipinski definition) is 1. The van der Waals surface area contributed by atoms with Crippen molar-refractivity contribution in [3.8, 4) is 6.07 Å². The second-order valence-corrected chi connectivity index (χ2v) is 9.36. The number of thioether (sulfide) groups is 1. The zero-order valence-corrected chi connectivity index (χ0v) is 14.9.